The molecule has 0 saturated carbocycles. The van der Waals surface area contributed by atoms with E-state index in [1.54, 1.807) is 0 Å². The van der Waals surface area contributed by atoms with Gasteiger partial charge in [-0.3, -0.25) is 0 Å². The quantitative estimate of drug-likeness (QED) is 0.161. The molecular formula is H18Cl6I9KN7O2Pt6. The van der Waals surface area contributed by atoms with Crippen molar-refractivity contribution in [2.45, 2.75) is 0 Å². The van der Waals surface area contributed by atoms with Crippen LogP contribution in [-0.2, 0) is 68.2 Å². The molecule has 0 aromatic rings. The summed E-state index contributed by atoms with van der Waals surface area (Å²) in [7, 11) is 29.8. The van der Waals surface area contributed by atoms with Crippen molar-refractivity contribution in [2.24, 2.45) is 0 Å². The van der Waals surface area contributed by atoms with Crippen molar-refractivity contribution in [2.75, 3.05) is 0 Å². The summed E-state index contributed by atoms with van der Waals surface area (Å²) >= 11 is 19.3. The van der Waals surface area contributed by atoms with Gasteiger partial charge in [0.25, 0.3) is 0 Å². The average Bonchev–Trinajstić information content (AvgIpc) is 1.96. The number of hydrogen-bond donors (Lipinski definition) is 0. The van der Waals surface area contributed by atoms with Crippen molar-refractivity contribution in [3.05, 3.63) is 43.1 Å². The van der Waals surface area contributed by atoms with Crippen molar-refractivity contribution in [3.63, 3.8) is 0 Å². The molecule has 0 atom stereocenters. The van der Waals surface area contributed by atoms with E-state index in [1.807, 2.05) is 0 Å². The second-order valence-corrected chi connectivity index (χ2v) is 190. The molecule has 0 rings (SSSR count). The molecule has 31 heteroatoms. The monoisotopic (exact) mass is 2710 g/mol. The maximum atomic E-state index is 5.01. The van der Waals surface area contributed by atoms with Crippen LogP contribution in [0.25, 0.3) is 43.1 Å². The summed E-state index contributed by atoms with van der Waals surface area (Å²) in [5.74, 6) is 0. The first-order valence-electron chi connectivity index (χ1n) is 1.79. The molecule has 0 aliphatic heterocycles. The predicted octanol–water partition coefficient (Wildman–Crippen LogP) is 12.5. The molecule has 231 valence electrons. The molecule has 0 amide bonds. The van der Waals surface area contributed by atoms with Gasteiger partial charge in [0.1, 0.15) is 0 Å². The maximum Gasteiger partial charge on any atom is 2.00 e. The fourth-order valence-corrected chi connectivity index (χ4v) is 0. The molecule has 9 nitrogen and oxygen atoms in total. The minimum absolute atomic E-state index is 0. The van der Waals surface area contributed by atoms with Crippen LogP contribution in [0.1, 0.15) is 0 Å². The molecular weight excluding hydrogens is 2690 g/mol. The summed E-state index contributed by atoms with van der Waals surface area (Å²) < 4.78 is -1.06. The first-order valence-corrected chi connectivity index (χ1v) is 76.7. The van der Waals surface area contributed by atoms with Crippen LogP contribution in [0.4, 0.5) is 0 Å². The van der Waals surface area contributed by atoms with Gasteiger partial charge in [0.2, 0.25) is 0 Å². The Morgan fingerprint density at radius 1 is 0.613 bits per heavy atom. The largest absolute Gasteiger partial charge is 2.00 e. The maximum absolute atomic E-state index is 5.01. The molecule has 0 fully saturated rings. The van der Waals surface area contributed by atoms with Gasteiger partial charge in [-0.15, -0.1) is 0 Å². The predicted molar refractivity (Wildman–Crippen MR) is 206 cm³/mol. The van der Waals surface area contributed by atoms with Crippen LogP contribution in [0.15, 0.2) is 0 Å². The van der Waals surface area contributed by atoms with Crippen molar-refractivity contribution >= 4 is 231 Å². The summed E-state index contributed by atoms with van der Waals surface area (Å²) in [4.78, 5) is 0. The van der Waals surface area contributed by atoms with Crippen LogP contribution in [-0.4, -0.2) is 11.0 Å². The van der Waals surface area contributed by atoms with E-state index in [2.05, 4.69) is 174 Å². The van der Waals surface area contributed by atoms with Gasteiger partial charge < -0.3 is 54.0 Å². The zero-order valence-electron chi connectivity index (χ0n) is 13.6. The molecule has 0 aliphatic carbocycles. The van der Waals surface area contributed by atoms with Gasteiger partial charge in [-0.2, -0.15) is 0 Å². The van der Waals surface area contributed by atoms with Gasteiger partial charge in [-0.25, -0.2) is 0 Å². The molecule has 18 N–H and O–H groups in total. The summed E-state index contributed by atoms with van der Waals surface area (Å²) in [5.41, 5.74) is 0. The number of nitrogens with two attached hydrogens (primary N) is 7. The van der Waals surface area contributed by atoms with Crippen molar-refractivity contribution < 1.29 is 131 Å². The smallest absolute Gasteiger partial charge is 0.693 e. The van der Waals surface area contributed by atoms with E-state index in [-0.39, 0.29) is 133 Å². The molecule has 0 spiro atoms. The second-order valence-electron chi connectivity index (χ2n) is 0.768. The Labute approximate surface area is 390 Å². The van der Waals surface area contributed by atoms with Crippen LogP contribution >= 0.6 is 231 Å². The van der Waals surface area contributed by atoms with Crippen LogP contribution < -0.4 is 51.4 Å². The van der Waals surface area contributed by atoms with Crippen LogP contribution in [0.2, 0.25) is 0 Å². The van der Waals surface area contributed by atoms with Crippen LogP contribution in [0, 0.1) is 0 Å². The average molecular weight is 2710 g/mol. The molecule has 31 heavy (non-hydrogen) atoms. The Bertz CT molecular complexity index is 162. The molecule has 0 aromatic heterocycles. The second kappa shape index (κ2) is 84.5. The minimum Gasteiger partial charge on any atom is -0.693 e. The van der Waals surface area contributed by atoms with Crippen molar-refractivity contribution in [3.8, 4) is 0 Å². The fraction of sp³-hybridized carbons (Fsp3) is 0. The Balaban J connectivity index is -0.00000000602. The fourth-order valence-electron chi connectivity index (χ4n) is 0. The van der Waals surface area contributed by atoms with Gasteiger partial charge in [0.05, 0.1) is 0 Å². The first kappa shape index (κ1) is 104. The summed E-state index contributed by atoms with van der Waals surface area (Å²) in [6.45, 7) is 0. The third-order valence-corrected chi connectivity index (χ3v) is 0. The number of halogens is 15. The zero-order chi connectivity index (χ0) is 18.0. The molecule has 0 radical (unpaired) electrons. The number of rotatable bonds is 0. The molecule has 0 aliphatic rings. The van der Waals surface area contributed by atoms with E-state index < -0.39 is 29.7 Å². The van der Waals surface area contributed by atoms with Gasteiger partial charge >= 0.3 is 350 Å². The molecule has 0 unspecified atom stereocenters. The van der Waals surface area contributed by atoms with E-state index in [0.717, 1.165) is 0 Å². The van der Waals surface area contributed by atoms with Crippen LogP contribution in [0.3, 0.4) is 0 Å². The van der Waals surface area contributed by atoms with Crippen molar-refractivity contribution in [1.29, 1.82) is 0 Å². The van der Waals surface area contributed by atoms with Gasteiger partial charge in [-0.05, 0) is 0 Å². The summed E-state index contributed by atoms with van der Waals surface area (Å²) in [6, 6.07) is 0. The van der Waals surface area contributed by atoms with Gasteiger partial charge in [-0.1, -0.05) is 0 Å². The SMILES string of the molecule is O.O.[Cl][Pt+2][Cl].[Cl][Pt]([Cl])([Cl])[Cl].[I][Pt+2][I].[I][Pt]([I])([I])[I].[I][Pt]([I])[I].[K+].[NH2-].[NH2-].[NH2-].[NH2-].[NH2-].[NH2-].[NH2-].[Pt+2]. The van der Waals surface area contributed by atoms with E-state index in [4.69, 9.17) is 56.5 Å². The van der Waals surface area contributed by atoms with Gasteiger partial charge in [0, 0.05) is 0 Å². The Hall–Kier alpha value is 13.7. The van der Waals surface area contributed by atoms with E-state index >= 15 is 0 Å². The van der Waals surface area contributed by atoms with Crippen molar-refractivity contribution in [1.82, 2.24) is 0 Å². The molecule has 0 aromatic carbocycles. The zero-order valence-corrected chi connectivity index (χ0v) is 54.3. The van der Waals surface area contributed by atoms with Gasteiger partial charge in [0.15, 0.2) is 0 Å². The molecule has 0 saturated heterocycles. The van der Waals surface area contributed by atoms with E-state index in [9.17, 15) is 0 Å². The third kappa shape index (κ3) is 404. The number of hydrogen-bond acceptors (Lipinski definition) is 0. The normalized spacial score (nSPS) is 7.77. The third-order valence-electron chi connectivity index (χ3n) is 0. The Morgan fingerprint density at radius 3 is 0.613 bits per heavy atom. The molecule has 0 bridgehead atoms. The minimum atomic E-state index is -3.06. The van der Waals surface area contributed by atoms with Crippen LogP contribution in [0.5, 0.6) is 0 Å². The summed E-state index contributed by atoms with van der Waals surface area (Å²) in [5, 5.41) is 0. The summed E-state index contributed by atoms with van der Waals surface area (Å²) in [6.07, 6.45) is -0.359. The Kier molecular flexibility index (Phi) is 283. The Morgan fingerprint density at radius 2 is 0.613 bits per heavy atom. The standard InChI is InChI=1S/6ClH.9HI.K.7H2N.2H2O.6Pt/h15*1H;;9*1H2;;;;;;/q;;;;;;;;;;;;;;;+1;7*-1;;;+2;+3;4*+4/p-15. The molecule has 0 heterocycles. The van der Waals surface area contributed by atoms with E-state index in [0.29, 0.717) is 11.2 Å². The topological polar surface area (TPSA) is 298 Å². The first-order chi connectivity index (χ1) is 8.56. The van der Waals surface area contributed by atoms with E-state index in [1.165, 1.54) is 0 Å².